The van der Waals surface area contributed by atoms with Gasteiger partial charge < -0.3 is 15.8 Å². The smallest absolute Gasteiger partial charge is 0.0995 e. The monoisotopic (exact) mass is 203 g/mol. The van der Waals surface area contributed by atoms with Crippen LogP contribution < -0.4 is 11.1 Å². The van der Waals surface area contributed by atoms with Crippen LogP contribution in [0.25, 0.3) is 0 Å². The van der Waals surface area contributed by atoms with Crippen molar-refractivity contribution in [2.45, 2.75) is 6.10 Å². The highest BCUT2D eigenvalue weighted by Crippen LogP contribution is 2.24. The van der Waals surface area contributed by atoms with E-state index < -0.39 is 0 Å². The van der Waals surface area contributed by atoms with Gasteiger partial charge in [0.05, 0.1) is 24.3 Å². The number of nitrogens with zero attached hydrogens (tertiary/aromatic N) is 1. The highest BCUT2D eigenvalue weighted by molar-refractivity contribution is 5.50. The van der Waals surface area contributed by atoms with Gasteiger partial charge in [0.2, 0.25) is 0 Å². The van der Waals surface area contributed by atoms with Gasteiger partial charge in [-0.25, -0.2) is 0 Å². The lowest BCUT2D eigenvalue weighted by molar-refractivity contribution is 0.0276. The normalized spacial score (nSPS) is 20.9. The number of nitrogen functional groups attached to an aromatic ring is 1. The number of hydrogen-bond donors (Lipinski definition) is 2. The SMILES string of the molecule is N#Cc1ccc(N)cc1C1CNCCO1. The Balaban J connectivity index is 2.32. The maximum atomic E-state index is 8.97. The number of hydrogen-bond acceptors (Lipinski definition) is 4. The average Bonchev–Trinajstić information content (AvgIpc) is 2.30. The predicted molar refractivity (Wildman–Crippen MR) is 57.1 cm³/mol. The van der Waals surface area contributed by atoms with Crippen LogP contribution in [-0.4, -0.2) is 19.7 Å². The Hall–Kier alpha value is -1.57. The van der Waals surface area contributed by atoms with Gasteiger partial charge in [-0.1, -0.05) is 0 Å². The fourth-order valence-corrected chi connectivity index (χ4v) is 1.71. The molecule has 1 fully saturated rings. The topological polar surface area (TPSA) is 71.1 Å². The van der Waals surface area contributed by atoms with Crippen LogP contribution in [0.15, 0.2) is 18.2 Å². The van der Waals surface area contributed by atoms with Gasteiger partial charge in [-0.05, 0) is 18.2 Å². The molecule has 0 aromatic heterocycles. The van der Waals surface area contributed by atoms with Gasteiger partial charge in [-0.2, -0.15) is 5.26 Å². The third-order valence-electron chi connectivity index (χ3n) is 2.47. The Kier molecular flexibility index (Phi) is 2.86. The molecule has 4 heteroatoms. The number of morpholine rings is 1. The van der Waals surface area contributed by atoms with Crippen LogP contribution >= 0.6 is 0 Å². The molecule has 1 saturated heterocycles. The zero-order chi connectivity index (χ0) is 10.7. The molecule has 15 heavy (non-hydrogen) atoms. The van der Waals surface area contributed by atoms with Crippen molar-refractivity contribution >= 4 is 5.69 Å². The summed E-state index contributed by atoms with van der Waals surface area (Å²) in [4.78, 5) is 0. The third-order valence-corrected chi connectivity index (χ3v) is 2.47. The lowest BCUT2D eigenvalue weighted by atomic mass is 10.0. The Bertz CT molecular complexity index is 391. The quantitative estimate of drug-likeness (QED) is 0.662. The van der Waals surface area contributed by atoms with Crippen LogP contribution in [0.5, 0.6) is 0 Å². The van der Waals surface area contributed by atoms with E-state index in [1.165, 1.54) is 0 Å². The van der Waals surface area contributed by atoms with E-state index in [0.717, 1.165) is 18.7 Å². The lowest BCUT2D eigenvalue weighted by Crippen LogP contribution is -2.33. The zero-order valence-electron chi connectivity index (χ0n) is 8.36. The highest BCUT2D eigenvalue weighted by Gasteiger charge is 2.18. The van der Waals surface area contributed by atoms with Gasteiger partial charge in [0.15, 0.2) is 0 Å². The Morgan fingerprint density at radius 2 is 2.40 bits per heavy atom. The fourth-order valence-electron chi connectivity index (χ4n) is 1.71. The molecule has 1 aliphatic rings. The summed E-state index contributed by atoms with van der Waals surface area (Å²) in [6.45, 7) is 2.27. The summed E-state index contributed by atoms with van der Waals surface area (Å²) in [5.74, 6) is 0. The van der Waals surface area contributed by atoms with E-state index in [1.54, 1.807) is 12.1 Å². The van der Waals surface area contributed by atoms with Crippen molar-refractivity contribution in [1.29, 1.82) is 5.26 Å². The summed E-state index contributed by atoms with van der Waals surface area (Å²) < 4.78 is 5.59. The van der Waals surface area contributed by atoms with Crippen molar-refractivity contribution in [2.75, 3.05) is 25.4 Å². The summed E-state index contributed by atoms with van der Waals surface area (Å²) in [5.41, 5.74) is 7.88. The summed E-state index contributed by atoms with van der Waals surface area (Å²) in [6, 6.07) is 7.45. The van der Waals surface area contributed by atoms with Crippen molar-refractivity contribution < 1.29 is 4.74 Å². The third kappa shape index (κ3) is 2.09. The Morgan fingerprint density at radius 3 is 3.07 bits per heavy atom. The second-order valence-electron chi connectivity index (χ2n) is 3.52. The molecule has 1 aromatic carbocycles. The first-order valence-corrected chi connectivity index (χ1v) is 4.93. The molecule has 1 unspecified atom stereocenters. The van der Waals surface area contributed by atoms with E-state index in [2.05, 4.69) is 11.4 Å². The molecule has 1 aromatic rings. The van der Waals surface area contributed by atoms with Gasteiger partial charge in [-0.3, -0.25) is 0 Å². The number of nitriles is 1. The maximum absolute atomic E-state index is 8.97. The van der Waals surface area contributed by atoms with E-state index in [9.17, 15) is 0 Å². The molecule has 3 N–H and O–H groups in total. The molecule has 4 nitrogen and oxygen atoms in total. The summed E-state index contributed by atoms with van der Waals surface area (Å²) >= 11 is 0. The summed E-state index contributed by atoms with van der Waals surface area (Å²) in [6.07, 6.45) is -0.0584. The molecule has 0 saturated carbocycles. The van der Waals surface area contributed by atoms with Crippen LogP contribution in [0.3, 0.4) is 0 Å². The van der Waals surface area contributed by atoms with Crippen LogP contribution in [0.2, 0.25) is 0 Å². The predicted octanol–water partition coefficient (Wildman–Crippen LogP) is 0.801. The molecule has 0 aliphatic carbocycles. The number of nitrogens with one attached hydrogen (secondary N) is 1. The Labute approximate surface area is 88.6 Å². The molecule has 0 amide bonds. The summed E-state index contributed by atoms with van der Waals surface area (Å²) in [5, 5.41) is 12.2. The van der Waals surface area contributed by atoms with Gasteiger partial charge >= 0.3 is 0 Å². The van der Waals surface area contributed by atoms with Gasteiger partial charge in [0.1, 0.15) is 0 Å². The number of ether oxygens (including phenoxy) is 1. The molecular formula is C11H13N3O. The zero-order valence-corrected chi connectivity index (χ0v) is 8.36. The van der Waals surface area contributed by atoms with Crippen LogP contribution in [0, 0.1) is 11.3 Å². The Morgan fingerprint density at radius 1 is 1.53 bits per heavy atom. The molecule has 2 rings (SSSR count). The van der Waals surface area contributed by atoms with E-state index >= 15 is 0 Å². The van der Waals surface area contributed by atoms with Crippen molar-refractivity contribution in [3.05, 3.63) is 29.3 Å². The van der Waals surface area contributed by atoms with Crippen LogP contribution in [0.4, 0.5) is 5.69 Å². The first-order chi connectivity index (χ1) is 7.31. The summed E-state index contributed by atoms with van der Waals surface area (Å²) in [7, 11) is 0. The number of benzene rings is 1. The van der Waals surface area contributed by atoms with E-state index in [-0.39, 0.29) is 6.10 Å². The molecule has 1 aliphatic heterocycles. The molecular weight excluding hydrogens is 190 g/mol. The second kappa shape index (κ2) is 4.30. The molecule has 0 spiro atoms. The largest absolute Gasteiger partial charge is 0.399 e. The van der Waals surface area contributed by atoms with E-state index in [1.807, 2.05) is 6.07 Å². The first kappa shape index (κ1) is 9.97. The molecule has 78 valence electrons. The van der Waals surface area contributed by atoms with Gasteiger partial charge in [0, 0.05) is 24.3 Å². The van der Waals surface area contributed by atoms with Gasteiger partial charge in [0.25, 0.3) is 0 Å². The number of rotatable bonds is 1. The molecule has 1 heterocycles. The second-order valence-corrected chi connectivity index (χ2v) is 3.52. The molecule has 0 bridgehead atoms. The van der Waals surface area contributed by atoms with E-state index in [0.29, 0.717) is 17.9 Å². The number of anilines is 1. The maximum Gasteiger partial charge on any atom is 0.0995 e. The van der Waals surface area contributed by atoms with Gasteiger partial charge in [-0.15, -0.1) is 0 Å². The number of nitrogens with two attached hydrogens (primary N) is 1. The minimum atomic E-state index is -0.0584. The van der Waals surface area contributed by atoms with Crippen molar-refractivity contribution in [2.24, 2.45) is 0 Å². The first-order valence-electron chi connectivity index (χ1n) is 4.93. The fraction of sp³-hybridized carbons (Fsp3) is 0.364. The highest BCUT2D eigenvalue weighted by atomic mass is 16.5. The molecule has 0 radical (unpaired) electrons. The van der Waals surface area contributed by atoms with Crippen molar-refractivity contribution in [3.63, 3.8) is 0 Å². The molecule has 1 atom stereocenters. The van der Waals surface area contributed by atoms with Crippen LogP contribution in [0.1, 0.15) is 17.2 Å². The average molecular weight is 203 g/mol. The lowest BCUT2D eigenvalue weighted by Gasteiger charge is -2.24. The van der Waals surface area contributed by atoms with Crippen LogP contribution in [-0.2, 0) is 4.74 Å². The van der Waals surface area contributed by atoms with Crippen molar-refractivity contribution in [3.8, 4) is 6.07 Å². The van der Waals surface area contributed by atoms with E-state index in [4.69, 9.17) is 15.7 Å². The standard InChI is InChI=1S/C11H13N3O/c12-6-8-1-2-9(13)5-10(8)11-7-14-3-4-15-11/h1-2,5,11,14H,3-4,7,13H2. The van der Waals surface area contributed by atoms with Crippen molar-refractivity contribution in [1.82, 2.24) is 5.32 Å². The minimum absolute atomic E-state index is 0.0584. The minimum Gasteiger partial charge on any atom is -0.399 e.